The zero-order chi connectivity index (χ0) is 20.3. The number of aliphatic hydroxyl groups excluding tert-OH is 1. The lowest BCUT2D eigenvalue weighted by Crippen LogP contribution is -2.28. The van der Waals surface area contributed by atoms with Crippen LogP contribution in [0.1, 0.15) is 32.1 Å². The fourth-order valence-electron chi connectivity index (χ4n) is 5.38. The fourth-order valence-corrected chi connectivity index (χ4v) is 5.38. The number of aromatic amines is 1. The Labute approximate surface area is 173 Å². The fraction of sp³-hybridized carbons (Fsp3) is 0.455. The first-order valence-electron chi connectivity index (χ1n) is 10.7. The van der Waals surface area contributed by atoms with Gasteiger partial charge in [-0.25, -0.2) is 9.67 Å². The van der Waals surface area contributed by atoms with E-state index in [2.05, 4.69) is 37.7 Å². The Morgan fingerprint density at radius 3 is 3.17 bits per heavy atom. The lowest BCUT2D eigenvalue weighted by Gasteiger charge is -2.28. The van der Waals surface area contributed by atoms with Crippen molar-refractivity contribution < 1.29 is 5.11 Å². The molecule has 4 aromatic rings. The van der Waals surface area contributed by atoms with Gasteiger partial charge in [-0.1, -0.05) is 11.3 Å². The van der Waals surface area contributed by atoms with Crippen LogP contribution in [-0.2, 0) is 7.05 Å². The molecule has 1 unspecified atom stereocenters. The normalized spacial score (nSPS) is 25.5. The van der Waals surface area contributed by atoms with Crippen LogP contribution in [0.25, 0.3) is 33.2 Å². The minimum atomic E-state index is 0.313. The summed E-state index contributed by atoms with van der Waals surface area (Å²) in [6.45, 7) is 0.313. The van der Waals surface area contributed by atoms with E-state index in [0.29, 0.717) is 24.0 Å². The molecule has 0 spiro atoms. The van der Waals surface area contributed by atoms with Crippen LogP contribution >= 0.6 is 0 Å². The standard InChI is InChI=1S/C22H25N7O/c1-29-19-8-13(2-3-18(19)27-28-29)16-11-23-20-17(16)12-24-21(26-20)25-15-4-5-22(6-7-30)10-14(22)9-15/h2-3,8,11-12,14-15,30H,4-7,9-10H2,1H3,(H2,23,24,25,26)/t14?,15-,22-/m0/s1. The predicted octanol–water partition coefficient (Wildman–Crippen LogP) is 3.26. The summed E-state index contributed by atoms with van der Waals surface area (Å²) in [5.74, 6) is 1.43. The van der Waals surface area contributed by atoms with Crippen LogP contribution < -0.4 is 5.32 Å². The first-order chi connectivity index (χ1) is 14.6. The number of nitrogens with zero attached hydrogens (tertiary/aromatic N) is 5. The molecule has 8 heteroatoms. The SMILES string of the molecule is Cn1nnc2ccc(-c3c[nH]c4nc(N[C@H]5CC[C@]6(CCO)CC6C5)ncc34)cc21. The molecule has 0 amide bonds. The maximum absolute atomic E-state index is 9.30. The highest BCUT2D eigenvalue weighted by atomic mass is 16.3. The lowest BCUT2D eigenvalue weighted by molar-refractivity contribution is 0.212. The second-order valence-electron chi connectivity index (χ2n) is 8.93. The molecule has 3 heterocycles. The second kappa shape index (κ2) is 6.50. The minimum absolute atomic E-state index is 0.313. The van der Waals surface area contributed by atoms with Gasteiger partial charge < -0.3 is 15.4 Å². The van der Waals surface area contributed by atoms with Gasteiger partial charge in [-0.05, 0) is 61.1 Å². The van der Waals surface area contributed by atoms with Crippen molar-refractivity contribution in [3.8, 4) is 11.1 Å². The molecule has 3 N–H and O–H groups in total. The third-order valence-electron chi connectivity index (χ3n) is 7.22. The number of nitrogens with one attached hydrogen (secondary N) is 2. The second-order valence-corrected chi connectivity index (χ2v) is 8.93. The van der Waals surface area contributed by atoms with Gasteiger partial charge in [0.05, 0.1) is 5.52 Å². The Bertz CT molecular complexity index is 1240. The van der Waals surface area contributed by atoms with Gasteiger partial charge in [0, 0.05) is 43.0 Å². The number of aromatic nitrogens is 6. The molecule has 3 aromatic heterocycles. The molecule has 2 saturated carbocycles. The number of hydrogen-bond acceptors (Lipinski definition) is 6. The van der Waals surface area contributed by atoms with E-state index in [1.54, 1.807) is 4.68 Å². The molecule has 0 aliphatic heterocycles. The van der Waals surface area contributed by atoms with Crippen LogP contribution in [0.5, 0.6) is 0 Å². The molecule has 2 aliphatic rings. The Morgan fingerprint density at radius 2 is 2.30 bits per heavy atom. The molecule has 0 radical (unpaired) electrons. The summed E-state index contributed by atoms with van der Waals surface area (Å²) >= 11 is 0. The van der Waals surface area contributed by atoms with Crippen LogP contribution in [0.4, 0.5) is 5.95 Å². The first kappa shape index (κ1) is 17.8. The summed E-state index contributed by atoms with van der Waals surface area (Å²) in [5.41, 5.74) is 5.30. The van der Waals surface area contributed by atoms with Crippen molar-refractivity contribution in [2.45, 2.75) is 38.1 Å². The summed E-state index contributed by atoms with van der Waals surface area (Å²) in [6.07, 6.45) is 9.57. The van der Waals surface area contributed by atoms with Crippen LogP contribution in [0, 0.1) is 11.3 Å². The van der Waals surface area contributed by atoms with Crippen LogP contribution in [0.15, 0.2) is 30.6 Å². The van der Waals surface area contributed by atoms with Gasteiger partial charge in [-0.15, -0.1) is 5.10 Å². The van der Waals surface area contributed by atoms with E-state index in [4.69, 9.17) is 4.98 Å². The van der Waals surface area contributed by atoms with Gasteiger partial charge in [0.1, 0.15) is 11.2 Å². The minimum Gasteiger partial charge on any atom is -0.396 e. The Morgan fingerprint density at radius 1 is 1.37 bits per heavy atom. The van der Waals surface area contributed by atoms with E-state index in [1.807, 2.05) is 25.5 Å². The van der Waals surface area contributed by atoms with Crippen molar-refractivity contribution in [1.82, 2.24) is 29.9 Å². The van der Waals surface area contributed by atoms with Gasteiger partial charge in [0.25, 0.3) is 0 Å². The molecule has 3 atom stereocenters. The van der Waals surface area contributed by atoms with E-state index in [1.165, 1.54) is 12.8 Å². The van der Waals surface area contributed by atoms with Crippen molar-refractivity contribution in [3.05, 3.63) is 30.6 Å². The van der Waals surface area contributed by atoms with Gasteiger partial charge in [-0.3, -0.25) is 0 Å². The summed E-state index contributed by atoms with van der Waals surface area (Å²) in [4.78, 5) is 12.6. The molecule has 154 valence electrons. The number of fused-ring (bicyclic) bond motifs is 3. The van der Waals surface area contributed by atoms with E-state index in [9.17, 15) is 5.11 Å². The number of H-pyrrole nitrogens is 1. The summed E-state index contributed by atoms with van der Waals surface area (Å²) in [5, 5.41) is 22.1. The number of aliphatic hydroxyl groups is 1. The monoisotopic (exact) mass is 403 g/mol. The van der Waals surface area contributed by atoms with Crippen molar-refractivity contribution in [3.63, 3.8) is 0 Å². The van der Waals surface area contributed by atoms with Gasteiger partial charge in [0.15, 0.2) is 0 Å². The Hall–Kier alpha value is -3.00. The highest BCUT2D eigenvalue weighted by molar-refractivity contribution is 5.95. The molecule has 1 aromatic carbocycles. The summed E-state index contributed by atoms with van der Waals surface area (Å²) in [6, 6.07) is 6.56. The predicted molar refractivity (Wildman–Crippen MR) is 115 cm³/mol. The number of aryl methyl sites for hydroxylation is 1. The lowest BCUT2D eigenvalue weighted by atomic mass is 9.83. The van der Waals surface area contributed by atoms with Crippen molar-refractivity contribution >= 4 is 28.0 Å². The number of rotatable bonds is 5. The van der Waals surface area contributed by atoms with E-state index >= 15 is 0 Å². The zero-order valence-electron chi connectivity index (χ0n) is 17.0. The molecule has 2 aliphatic carbocycles. The first-order valence-corrected chi connectivity index (χ1v) is 10.7. The van der Waals surface area contributed by atoms with E-state index in [-0.39, 0.29) is 0 Å². The molecular weight excluding hydrogens is 378 g/mol. The summed E-state index contributed by atoms with van der Waals surface area (Å²) < 4.78 is 1.78. The number of benzene rings is 1. The Kier molecular flexibility index (Phi) is 3.86. The molecule has 6 rings (SSSR count). The number of hydrogen-bond donors (Lipinski definition) is 3. The van der Waals surface area contributed by atoms with Crippen molar-refractivity contribution in [2.75, 3.05) is 11.9 Å². The van der Waals surface area contributed by atoms with Crippen LogP contribution in [0.3, 0.4) is 0 Å². The van der Waals surface area contributed by atoms with Gasteiger partial charge in [-0.2, -0.15) is 4.98 Å². The van der Waals surface area contributed by atoms with Crippen molar-refractivity contribution in [2.24, 2.45) is 18.4 Å². The molecule has 0 saturated heterocycles. The highest BCUT2D eigenvalue weighted by Crippen LogP contribution is 2.63. The quantitative estimate of drug-likeness (QED) is 0.472. The van der Waals surface area contributed by atoms with Crippen LogP contribution in [0.2, 0.25) is 0 Å². The number of anilines is 1. The van der Waals surface area contributed by atoms with Crippen molar-refractivity contribution in [1.29, 1.82) is 0 Å². The largest absolute Gasteiger partial charge is 0.396 e. The topological polar surface area (TPSA) is 105 Å². The maximum atomic E-state index is 9.30. The molecule has 0 bridgehead atoms. The van der Waals surface area contributed by atoms with Crippen LogP contribution in [-0.4, -0.2) is 47.7 Å². The summed E-state index contributed by atoms with van der Waals surface area (Å²) in [7, 11) is 1.90. The molecule has 2 fully saturated rings. The highest BCUT2D eigenvalue weighted by Gasteiger charge is 2.55. The maximum Gasteiger partial charge on any atom is 0.224 e. The van der Waals surface area contributed by atoms with E-state index < -0.39 is 0 Å². The third kappa shape index (κ3) is 2.78. The Balaban J connectivity index is 1.23. The smallest absolute Gasteiger partial charge is 0.224 e. The van der Waals surface area contributed by atoms with Gasteiger partial charge >= 0.3 is 0 Å². The van der Waals surface area contributed by atoms with Gasteiger partial charge in [0.2, 0.25) is 5.95 Å². The average molecular weight is 403 g/mol. The molecular formula is C22H25N7O. The third-order valence-corrected chi connectivity index (χ3v) is 7.22. The zero-order valence-corrected chi connectivity index (χ0v) is 17.0. The molecule has 8 nitrogen and oxygen atoms in total. The molecule has 30 heavy (non-hydrogen) atoms. The van der Waals surface area contributed by atoms with E-state index in [0.717, 1.165) is 58.4 Å². The average Bonchev–Trinajstić information content (AvgIpc) is 3.10.